The summed E-state index contributed by atoms with van der Waals surface area (Å²) < 4.78 is 0. The van der Waals surface area contributed by atoms with Gasteiger partial charge in [0.1, 0.15) is 0 Å². The molecule has 1 saturated carbocycles. The summed E-state index contributed by atoms with van der Waals surface area (Å²) in [6.07, 6.45) is 4.13. The van der Waals surface area contributed by atoms with Gasteiger partial charge in [-0.1, -0.05) is 13.0 Å². The van der Waals surface area contributed by atoms with Gasteiger partial charge in [-0.3, -0.25) is 4.79 Å². The minimum Gasteiger partial charge on any atom is -0.336 e. The SMILES string of the molecule is C=CCN(C(=O)C(C)CNC)C1CC1. The summed E-state index contributed by atoms with van der Waals surface area (Å²) in [5, 5.41) is 3.03. The van der Waals surface area contributed by atoms with E-state index in [4.69, 9.17) is 0 Å². The molecule has 0 aliphatic heterocycles. The van der Waals surface area contributed by atoms with Crippen molar-refractivity contribution in [3.63, 3.8) is 0 Å². The van der Waals surface area contributed by atoms with Crippen LogP contribution < -0.4 is 5.32 Å². The molecule has 0 heterocycles. The van der Waals surface area contributed by atoms with E-state index in [9.17, 15) is 4.79 Å². The fourth-order valence-electron chi connectivity index (χ4n) is 1.62. The van der Waals surface area contributed by atoms with Gasteiger partial charge in [0.2, 0.25) is 5.91 Å². The molecule has 1 rings (SSSR count). The van der Waals surface area contributed by atoms with E-state index in [1.165, 1.54) is 0 Å². The molecule has 0 radical (unpaired) electrons. The smallest absolute Gasteiger partial charge is 0.227 e. The maximum Gasteiger partial charge on any atom is 0.227 e. The second kappa shape index (κ2) is 5.15. The summed E-state index contributed by atoms with van der Waals surface area (Å²) in [5.74, 6) is 0.322. The average Bonchev–Trinajstić information content (AvgIpc) is 2.97. The van der Waals surface area contributed by atoms with Crippen LogP contribution in [0.1, 0.15) is 19.8 Å². The molecule has 0 aromatic heterocycles. The van der Waals surface area contributed by atoms with E-state index in [-0.39, 0.29) is 11.8 Å². The normalized spacial score (nSPS) is 17.6. The van der Waals surface area contributed by atoms with Gasteiger partial charge in [0.25, 0.3) is 0 Å². The molecular formula is C11H20N2O. The Bertz CT molecular complexity index is 211. The highest BCUT2D eigenvalue weighted by atomic mass is 16.2. The number of rotatable bonds is 6. The van der Waals surface area contributed by atoms with Crippen LogP contribution in [0.3, 0.4) is 0 Å². The molecule has 0 spiro atoms. The summed E-state index contributed by atoms with van der Waals surface area (Å²) in [5.41, 5.74) is 0. The number of carbonyl (C=O) groups excluding carboxylic acids is 1. The van der Waals surface area contributed by atoms with Crippen LogP contribution in [0.2, 0.25) is 0 Å². The van der Waals surface area contributed by atoms with Gasteiger partial charge in [0.15, 0.2) is 0 Å². The molecule has 3 heteroatoms. The molecule has 80 valence electrons. The van der Waals surface area contributed by atoms with Crippen LogP contribution in [0.15, 0.2) is 12.7 Å². The molecule has 3 nitrogen and oxygen atoms in total. The van der Waals surface area contributed by atoms with Gasteiger partial charge in [-0.05, 0) is 19.9 Å². The molecule has 0 bridgehead atoms. The maximum absolute atomic E-state index is 11.9. The first-order valence-electron chi connectivity index (χ1n) is 5.26. The monoisotopic (exact) mass is 196 g/mol. The minimum atomic E-state index is 0.0700. The standard InChI is InChI=1S/C11H20N2O/c1-4-7-13(10-5-6-10)11(14)9(2)8-12-3/h4,9-10,12H,1,5-8H2,2-3H3. The number of amides is 1. The van der Waals surface area contributed by atoms with Crippen LogP contribution in [0.25, 0.3) is 0 Å². The number of carbonyl (C=O) groups is 1. The number of hydrogen-bond acceptors (Lipinski definition) is 2. The second-order valence-electron chi connectivity index (χ2n) is 3.97. The van der Waals surface area contributed by atoms with E-state index >= 15 is 0 Å². The third-order valence-corrected chi connectivity index (χ3v) is 2.53. The highest BCUT2D eigenvalue weighted by Gasteiger charge is 2.33. The second-order valence-corrected chi connectivity index (χ2v) is 3.97. The predicted molar refractivity (Wildman–Crippen MR) is 58.0 cm³/mol. The zero-order chi connectivity index (χ0) is 10.6. The molecule has 1 fully saturated rings. The summed E-state index contributed by atoms with van der Waals surface area (Å²) in [6.45, 7) is 7.10. The molecule has 0 saturated heterocycles. The lowest BCUT2D eigenvalue weighted by Gasteiger charge is -2.24. The van der Waals surface area contributed by atoms with Crippen LogP contribution in [-0.2, 0) is 4.79 Å². The lowest BCUT2D eigenvalue weighted by molar-refractivity contribution is -0.134. The van der Waals surface area contributed by atoms with Crippen LogP contribution in [0, 0.1) is 5.92 Å². The van der Waals surface area contributed by atoms with Gasteiger partial charge in [-0.2, -0.15) is 0 Å². The molecule has 0 aromatic carbocycles. The molecule has 0 aromatic rings. The number of nitrogens with one attached hydrogen (secondary N) is 1. The van der Waals surface area contributed by atoms with Crippen molar-refractivity contribution in [1.82, 2.24) is 10.2 Å². The van der Waals surface area contributed by atoms with Gasteiger partial charge in [-0.15, -0.1) is 6.58 Å². The van der Waals surface area contributed by atoms with Crippen molar-refractivity contribution in [1.29, 1.82) is 0 Å². The summed E-state index contributed by atoms with van der Waals surface area (Å²) in [4.78, 5) is 13.9. The fourth-order valence-corrected chi connectivity index (χ4v) is 1.62. The van der Waals surface area contributed by atoms with E-state index in [1.54, 1.807) is 0 Å². The molecule has 1 aliphatic carbocycles. The molecule has 1 atom stereocenters. The van der Waals surface area contributed by atoms with Crippen molar-refractivity contribution >= 4 is 5.91 Å². The van der Waals surface area contributed by atoms with Gasteiger partial charge in [-0.25, -0.2) is 0 Å². The third kappa shape index (κ3) is 2.84. The van der Waals surface area contributed by atoms with E-state index in [2.05, 4.69) is 11.9 Å². The fraction of sp³-hybridized carbons (Fsp3) is 0.727. The first-order valence-corrected chi connectivity index (χ1v) is 5.26. The predicted octanol–water partition coefficient (Wildman–Crippen LogP) is 1.02. The summed E-state index contributed by atoms with van der Waals surface area (Å²) in [7, 11) is 1.87. The van der Waals surface area contributed by atoms with Crippen LogP contribution in [0.4, 0.5) is 0 Å². The Morgan fingerprint density at radius 3 is 2.79 bits per heavy atom. The van der Waals surface area contributed by atoms with Crippen molar-refractivity contribution in [2.45, 2.75) is 25.8 Å². The van der Waals surface area contributed by atoms with E-state index < -0.39 is 0 Å². The van der Waals surface area contributed by atoms with Crippen LogP contribution in [-0.4, -0.2) is 37.0 Å². The largest absolute Gasteiger partial charge is 0.336 e. The molecule has 1 aliphatic rings. The lowest BCUT2D eigenvalue weighted by atomic mass is 10.1. The molecule has 1 amide bonds. The maximum atomic E-state index is 11.9. The van der Waals surface area contributed by atoms with E-state index in [1.807, 2.05) is 24.9 Å². The third-order valence-electron chi connectivity index (χ3n) is 2.53. The van der Waals surface area contributed by atoms with Crippen LogP contribution in [0.5, 0.6) is 0 Å². The minimum absolute atomic E-state index is 0.0700. The van der Waals surface area contributed by atoms with Crippen LogP contribution >= 0.6 is 0 Å². The van der Waals surface area contributed by atoms with Crippen molar-refractivity contribution in [3.05, 3.63) is 12.7 Å². The molecular weight excluding hydrogens is 176 g/mol. The highest BCUT2D eigenvalue weighted by molar-refractivity contribution is 5.79. The van der Waals surface area contributed by atoms with E-state index in [0.717, 1.165) is 19.4 Å². The van der Waals surface area contributed by atoms with Gasteiger partial charge in [0.05, 0.1) is 0 Å². The Kier molecular flexibility index (Phi) is 4.14. The quantitative estimate of drug-likeness (QED) is 0.643. The molecule has 1 N–H and O–H groups in total. The van der Waals surface area contributed by atoms with Gasteiger partial charge >= 0.3 is 0 Å². The molecule has 14 heavy (non-hydrogen) atoms. The zero-order valence-corrected chi connectivity index (χ0v) is 9.12. The van der Waals surface area contributed by atoms with Gasteiger partial charge < -0.3 is 10.2 Å². The Labute approximate surface area is 86.2 Å². The topological polar surface area (TPSA) is 32.3 Å². The van der Waals surface area contributed by atoms with Crippen molar-refractivity contribution < 1.29 is 4.79 Å². The first kappa shape index (κ1) is 11.2. The average molecular weight is 196 g/mol. The summed E-state index contributed by atoms with van der Waals surface area (Å²) in [6, 6.07) is 0.486. The Morgan fingerprint density at radius 1 is 1.71 bits per heavy atom. The number of hydrogen-bond donors (Lipinski definition) is 1. The van der Waals surface area contributed by atoms with Crippen molar-refractivity contribution in [2.24, 2.45) is 5.92 Å². The Hall–Kier alpha value is -0.830. The zero-order valence-electron chi connectivity index (χ0n) is 9.12. The van der Waals surface area contributed by atoms with Crippen molar-refractivity contribution in [2.75, 3.05) is 20.1 Å². The van der Waals surface area contributed by atoms with E-state index in [0.29, 0.717) is 12.6 Å². The van der Waals surface area contributed by atoms with Crippen molar-refractivity contribution in [3.8, 4) is 0 Å². The van der Waals surface area contributed by atoms with Gasteiger partial charge in [0, 0.05) is 25.0 Å². The Morgan fingerprint density at radius 2 is 2.36 bits per heavy atom. The lowest BCUT2D eigenvalue weighted by Crippen LogP contribution is -2.40. The highest BCUT2D eigenvalue weighted by Crippen LogP contribution is 2.27. The Balaban J connectivity index is 2.48. The number of nitrogens with zero attached hydrogens (tertiary/aromatic N) is 1. The molecule has 1 unspecified atom stereocenters. The first-order chi connectivity index (χ1) is 6.70. The summed E-state index contributed by atoms with van der Waals surface area (Å²) >= 11 is 0.